The molecule has 1 unspecified atom stereocenters. The molecule has 1 heterocycles. The molecule has 18 heavy (non-hydrogen) atoms. The number of carbonyl (C=O) groups is 1. The first-order chi connectivity index (χ1) is 8.50. The van der Waals surface area contributed by atoms with E-state index in [2.05, 4.69) is 26.0 Å². The Hall–Kier alpha value is -1.35. The van der Waals surface area contributed by atoms with Crippen LogP contribution in [-0.4, -0.2) is 13.0 Å². The largest absolute Gasteiger partial charge is 0.324 e. The average Bonchev–Trinajstić information content (AvgIpc) is 2.49. The van der Waals surface area contributed by atoms with Gasteiger partial charge in [-0.25, -0.2) is 0 Å². The van der Waals surface area contributed by atoms with Gasteiger partial charge in [0, 0.05) is 25.2 Å². The molecule has 2 rings (SSSR count). The highest BCUT2D eigenvalue weighted by atomic mass is 16.2. The molecule has 0 bridgehead atoms. The van der Waals surface area contributed by atoms with Gasteiger partial charge in [0.15, 0.2) is 0 Å². The number of benzene rings is 1. The highest BCUT2D eigenvalue weighted by Crippen LogP contribution is 2.29. The zero-order chi connectivity index (χ0) is 13.3. The van der Waals surface area contributed by atoms with E-state index in [0.717, 1.165) is 18.5 Å². The number of fused-ring (bicyclic) bond motifs is 1. The Balaban J connectivity index is 2.37. The van der Waals surface area contributed by atoms with Crippen molar-refractivity contribution in [2.75, 3.05) is 11.9 Å². The summed E-state index contributed by atoms with van der Waals surface area (Å²) in [5, 5.41) is 0. The fourth-order valence-corrected chi connectivity index (χ4v) is 2.46. The summed E-state index contributed by atoms with van der Waals surface area (Å²) in [6, 6.07) is 6.34. The molecule has 3 heteroatoms. The predicted octanol–water partition coefficient (Wildman–Crippen LogP) is 2.64. The Morgan fingerprint density at radius 1 is 1.28 bits per heavy atom. The van der Waals surface area contributed by atoms with Crippen molar-refractivity contribution in [1.82, 2.24) is 0 Å². The maximum absolute atomic E-state index is 11.8. The number of nitrogens with two attached hydrogens (primary N) is 1. The van der Waals surface area contributed by atoms with E-state index in [9.17, 15) is 4.79 Å². The third-order valence-corrected chi connectivity index (χ3v) is 3.78. The molecule has 1 aliphatic heterocycles. The van der Waals surface area contributed by atoms with E-state index in [0.29, 0.717) is 12.3 Å². The number of hydrogen-bond donors (Lipinski definition) is 1. The number of nitrogens with zero attached hydrogens (tertiary/aromatic N) is 1. The second-order valence-electron chi connectivity index (χ2n) is 5.46. The highest BCUT2D eigenvalue weighted by molar-refractivity contribution is 5.94. The van der Waals surface area contributed by atoms with Gasteiger partial charge in [-0.3, -0.25) is 4.79 Å². The zero-order valence-corrected chi connectivity index (χ0v) is 11.4. The Bertz CT molecular complexity index is 454. The van der Waals surface area contributed by atoms with Crippen LogP contribution < -0.4 is 10.6 Å². The van der Waals surface area contributed by atoms with E-state index < -0.39 is 0 Å². The molecular weight excluding hydrogens is 224 g/mol. The molecule has 0 fully saturated rings. The number of rotatable bonds is 2. The summed E-state index contributed by atoms with van der Waals surface area (Å²) < 4.78 is 0. The van der Waals surface area contributed by atoms with Gasteiger partial charge >= 0.3 is 0 Å². The van der Waals surface area contributed by atoms with E-state index in [1.165, 1.54) is 11.1 Å². The highest BCUT2D eigenvalue weighted by Gasteiger charge is 2.20. The molecule has 98 valence electrons. The molecule has 0 aliphatic carbocycles. The summed E-state index contributed by atoms with van der Waals surface area (Å²) in [6.07, 6.45) is 2.53. The summed E-state index contributed by atoms with van der Waals surface area (Å²) in [4.78, 5) is 13.6. The number of anilines is 1. The van der Waals surface area contributed by atoms with Crippen LogP contribution in [0.2, 0.25) is 0 Å². The normalized spacial score (nSPS) is 17.6. The third-order valence-electron chi connectivity index (χ3n) is 3.78. The third kappa shape index (κ3) is 2.41. The van der Waals surface area contributed by atoms with Crippen LogP contribution in [-0.2, 0) is 11.2 Å². The lowest BCUT2D eigenvalue weighted by atomic mass is 9.94. The first kappa shape index (κ1) is 13.1. The fourth-order valence-electron chi connectivity index (χ4n) is 2.46. The molecule has 0 spiro atoms. The molecule has 1 aliphatic rings. The first-order valence-corrected chi connectivity index (χ1v) is 6.65. The Morgan fingerprint density at radius 3 is 2.67 bits per heavy atom. The number of aryl methyl sites for hydroxylation is 1. The Kier molecular flexibility index (Phi) is 3.71. The second kappa shape index (κ2) is 5.11. The molecule has 3 nitrogen and oxygen atoms in total. The van der Waals surface area contributed by atoms with Gasteiger partial charge in [-0.15, -0.1) is 0 Å². The SMILES string of the molecule is CC(C)C(N)c1ccc2c(c1)CCCC(=O)N2C. The topological polar surface area (TPSA) is 46.3 Å². The molecule has 1 atom stereocenters. The van der Waals surface area contributed by atoms with Crippen LogP contribution in [0.15, 0.2) is 18.2 Å². The van der Waals surface area contributed by atoms with Crippen molar-refractivity contribution in [3.05, 3.63) is 29.3 Å². The molecule has 1 amide bonds. The number of carbonyl (C=O) groups excluding carboxylic acids is 1. The van der Waals surface area contributed by atoms with Gasteiger partial charge in [0.25, 0.3) is 0 Å². The molecule has 0 saturated heterocycles. The summed E-state index contributed by atoms with van der Waals surface area (Å²) in [6.45, 7) is 4.26. The zero-order valence-electron chi connectivity index (χ0n) is 11.4. The summed E-state index contributed by atoms with van der Waals surface area (Å²) in [5.41, 5.74) is 9.65. The lowest BCUT2D eigenvalue weighted by molar-refractivity contribution is -0.118. The number of amides is 1. The Labute approximate surface area is 109 Å². The Morgan fingerprint density at radius 2 is 2.00 bits per heavy atom. The molecule has 2 N–H and O–H groups in total. The van der Waals surface area contributed by atoms with Gasteiger partial charge in [-0.2, -0.15) is 0 Å². The minimum absolute atomic E-state index is 0.0690. The van der Waals surface area contributed by atoms with Crippen molar-refractivity contribution in [1.29, 1.82) is 0 Å². The molecular formula is C15H22N2O. The molecule has 0 aromatic heterocycles. The van der Waals surface area contributed by atoms with E-state index >= 15 is 0 Å². The summed E-state index contributed by atoms with van der Waals surface area (Å²) in [5.74, 6) is 0.628. The van der Waals surface area contributed by atoms with Gasteiger partial charge in [-0.1, -0.05) is 26.0 Å². The molecule has 1 aromatic rings. The minimum atomic E-state index is 0.0690. The predicted molar refractivity (Wildman–Crippen MR) is 74.6 cm³/mol. The minimum Gasteiger partial charge on any atom is -0.324 e. The lowest BCUT2D eigenvalue weighted by Crippen LogP contribution is -2.25. The molecule has 0 saturated carbocycles. The monoisotopic (exact) mass is 246 g/mol. The van der Waals surface area contributed by atoms with Crippen molar-refractivity contribution in [2.45, 2.75) is 39.2 Å². The maximum Gasteiger partial charge on any atom is 0.226 e. The lowest BCUT2D eigenvalue weighted by Gasteiger charge is -2.21. The molecule has 0 radical (unpaired) electrons. The van der Waals surface area contributed by atoms with Gasteiger partial charge in [-0.05, 0) is 36.0 Å². The number of hydrogen-bond acceptors (Lipinski definition) is 2. The average molecular weight is 246 g/mol. The van der Waals surface area contributed by atoms with E-state index in [4.69, 9.17) is 5.73 Å². The van der Waals surface area contributed by atoms with Gasteiger partial charge in [0.1, 0.15) is 0 Å². The van der Waals surface area contributed by atoms with Crippen molar-refractivity contribution in [3.8, 4) is 0 Å². The van der Waals surface area contributed by atoms with Crippen LogP contribution in [0.1, 0.15) is 43.9 Å². The van der Waals surface area contributed by atoms with Gasteiger partial charge in [0.2, 0.25) is 5.91 Å². The van der Waals surface area contributed by atoms with Crippen LogP contribution in [0, 0.1) is 5.92 Å². The van der Waals surface area contributed by atoms with Crippen LogP contribution in [0.4, 0.5) is 5.69 Å². The van der Waals surface area contributed by atoms with Crippen molar-refractivity contribution in [2.24, 2.45) is 11.7 Å². The smallest absolute Gasteiger partial charge is 0.226 e. The summed E-state index contributed by atoms with van der Waals surface area (Å²) >= 11 is 0. The second-order valence-corrected chi connectivity index (χ2v) is 5.46. The van der Waals surface area contributed by atoms with Crippen molar-refractivity contribution in [3.63, 3.8) is 0 Å². The quantitative estimate of drug-likeness (QED) is 0.872. The van der Waals surface area contributed by atoms with Crippen LogP contribution >= 0.6 is 0 Å². The summed E-state index contributed by atoms with van der Waals surface area (Å²) in [7, 11) is 1.86. The van der Waals surface area contributed by atoms with Gasteiger partial charge in [0.05, 0.1) is 0 Å². The standard InChI is InChI=1S/C15H22N2O/c1-10(2)15(16)12-7-8-13-11(9-12)5-4-6-14(18)17(13)3/h7-10,15H,4-6,16H2,1-3H3. The molecule has 1 aromatic carbocycles. The first-order valence-electron chi connectivity index (χ1n) is 6.65. The van der Waals surface area contributed by atoms with Gasteiger partial charge < -0.3 is 10.6 Å². The van der Waals surface area contributed by atoms with Crippen LogP contribution in [0.5, 0.6) is 0 Å². The van der Waals surface area contributed by atoms with E-state index in [-0.39, 0.29) is 11.9 Å². The van der Waals surface area contributed by atoms with E-state index in [1.807, 2.05) is 13.1 Å². The maximum atomic E-state index is 11.8. The van der Waals surface area contributed by atoms with Crippen LogP contribution in [0.25, 0.3) is 0 Å². The van der Waals surface area contributed by atoms with Crippen molar-refractivity contribution < 1.29 is 4.79 Å². The van der Waals surface area contributed by atoms with E-state index in [1.54, 1.807) is 4.90 Å². The fraction of sp³-hybridized carbons (Fsp3) is 0.533. The van der Waals surface area contributed by atoms with Crippen molar-refractivity contribution >= 4 is 11.6 Å². The van der Waals surface area contributed by atoms with Crippen LogP contribution in [0.3, 0.4) is 0 Å².